The van der Waals surface area contributed by atoms with Gasteiger partial charge in [0.05, 0.1) is 5.69 Å². The quantitative estimate of drug-likeness (QED) is 0.675. The standard InChI is InChI=1S/C16H14BrNO/c17-14-7-3-6-10-12(14)8-13-9-4-1-2-5-11(9)16(19)18-15(10)13/h3,6-7H,1-2,4-5,8H2,(H,18,19). The van der Waals surface area contributed by atoms with Crippen molar-refractivity contribution in [3.05, 3.63) is 55.3 Å². The molecule has 0 unspecified atom stereocenters. The molecular formula is C16H14BrNO. The van der Waals surface area contributed by atoms with E-state index in [1.165, 1.54) is 28.7 Å². The number of fused-ring (bicyclic) bond motifs is 5. The number of rotatable bonds is 0. The number of pyridine rings is 1. The molecule has 3 heteroatoms. The molecule has 1 N–H and O–H groups in total. The zero-order chi connectivity index (χ0) is 13.0. The van der Waals surface area contributed by atoms with Crippen molar-refractivity contribution >= 4 is 15.9 Å². The minimum absolute atomic E-state index is 0.126. The Bertz CT molecular complexity index is 745. The zero-order valence-electron chi connectivity index (χ0n) is 10.6. The number of aromatic nitrogens is 1. The van der Waals surface area contributed by atoms with Crippen LogP contribution in [-0.2, 0) is 19.3 Å². The largest absolute Gasteiger partial charge is 0.321 e. The third kappa shape index (κ3) is 1.57. The first-order valence-corrected chi connectivity index (χ1v) is 7.59. The van der Waals surface area contributed by atoms with Crippen molar-refractivity contribution in [1.29, 1.82) is 0 Å². The minimum atomic E-state index is 0.126. The van der Waals surface area contributed by atoms with E-state index in [-0.39, 0.29) is 5.56 Å². The molecule has 0 amide bonds. The maximum Gasteiger partial charge on any atom is 0.251 e. The molecule has 19 heavy (non-hydrogen) atoms. The van der Waals surface area contributed by atoms with Crippen molar-refractivity contribution in [2.75, 3.05) is 0 Å². The van der Waals surface area contributed by atoms with Gasteiger partial charge in [-0.2, -0.15) is 0 Å². The second-order valence-electron chi connectivity index (χ2n) is 5.41. The maximum atomic E-state index is 12.3. The van der Waals surface area contributed by atoms with E-state index in [1.54, 1.807) is 0 Å². The summed E-state index contributed by atoms with van der Waals surface area (Å²) in [5.41, 5.74) is 7.41. The first-order chi connectivity index (χ1) is 9.25. The minimum Gasteiger partial charge on any atom is -0.321 e. The van der Waals surface area contributed by atoms with Crippen molar-refractivity contribution in [2.45, 2.75) is 32.1 Å². The monoisotopic (exact) mass is 315 g/mol. The summed E-state index contributed by atoms with van der Waals surface area (Å²) in [6.07, 6.45) is 5.31. The second kappa shape index (κ2) is 4.07. The topological polar surface area (TPSA) is 32.9 Å². The molecule has 2 aliphatic carbocycles. The number of benzene rings is 1. The van der Waals surface area contributed by atoms with E-state index in [2.05, 4.69) is 33.0 Å². The molecule has 2 nitrogen and oxygen atoms in total. The predicted octanol–water partition coefficient (Wildman–Crippen LogP) is 3.59. The summed E-state index contributed by atoms with van der Waals surface area (Å²) < 4.78 is 1.15. The lowest BCUT2D eigenvalue weighted by atomic mass is 9.88. The Balaban J connectivity index is 2.03. The number of H-pyrrole nitrogens is 1. The van der Waals surface area contributed by atoms with E-state index in [4.69, 9.17) is 0 Å². The summed E-state index contributed by atoms with van der Waals surface area (Å²) >= 11 is 3.63. The third-order valence-electron chi connectivity index (χ3n) is 4.39. The Morgan fingerprint density at radius 3 is 2.63 bits per heavy atom. The fraction of sp³-hybridized carbons (Fsp3) is 0.312. The van der Waals surface area contributed by atoms with Gasteiger partial charge in [-0.3, -0.25) is 4.79 Å². The van der Waals surface area contributed by atoms with Crippen LogP contribution in [-0.4, -0.2) is 4.98 Å². The molecule has 2 aliphatic rings. The molecule has 2 aromatic rings. The summed E-state index contributed by atoms with van der Waals surface area (Å²) in [6.45, 7) is 0. The number of aromatic amines is 1. The molecule has 96 valence electrons. The van der Waals surface area contributed by atoms with E-state index in [1.807, 2.05) is 6.07 Å². The van der Waals surface area contributed by atoms with E-state index in [0.29, 0.717) is 0 Å². The fourth-order valence-corrected chi connectivity index (χ4v) is 3.98. The highest BCUT2D eigenvalue weighted by Gasteiger charge is 2.27. The highest BCUT2D eigenvalue weighted by Crippen LogP contribution is 2.41. The Kier molecular flexibility index (Phi) is 2.46. The predicted molar refractivity (Wildman–Crippen MR) is 79.6 cm³/mol. The normalized spacial score (nSPS) is 15.8. The highest BCUT2D eigenvalue weighted by atomic mass is 79.9. The second-order valence-corrected chi connectivity index (χ2v) is 6.27. The van der Waals surface area contributed by atoms with Crippen molar-refractivity contribution in [1.82, 2.24) is 4.98 Å². The molecule has 0 spiro atoms. The van der Waals surface area contributed by atoms with Gasteiger partial charge in [-0.1, -0.05) is 28.1 Å². The van der Waals surface area contributed by atoms with Gasteiger partial charge in [-0.05, 0) is 48.4 Å². The van der Waals surface area contributed by atoms with Crippen molar-refractivity contribution in [2.24, 2.45) is 0 Å². The van der Waals surface area contributed by atoms with Crippen LogP contribution in [0.3, 0.4) is 0 Å². The molecule has 1 aromatic heterocycles. The van der Waals surface area contributed by atoms with Crippen molar-refractivity contribution < 1.29 is 0 Å². The smallest absolute Gasteiger partial charge is 0.251 e. The summed E-state index contributed by atoms with van der Waals surface area (Å²) in [5.74, 6) is 0. The van der Waals surface area contributed by atoms with Gasteiger partial charge < -0.3 is 4.98 Å². The molecule has 0 saturated heterocycles. The van der Waals surface area contributed by atoms with Crippen LogP contribution in [0.4, 0.5) is 0 Å². The third-order valence-corrected chi connectivity index (χ3v) is 5.13. The fourth-order valence-electron chi connectivity index (χ4n) is 3.48. The van der Waals surface area contributed by atoms with Crippen LogP contribution in [0.15, 0.2) is 27.5 Å². The van der Waals surface area contributed by atoms with Crippen molar-refractivity contribution in [3.8, 4) is 11.3 Å². The molecule has 0 saturated carbocycles. The van der Waals surface area contributed by atoms with Crippen LogP contribution in [0.2, 0.25) is 0 Å². The Hall–Kier alpha value is -1.35. The lowest BCUT2D eigenvalue weighted by Crippen LogP contribution is -2.21. The van der Waals surface area contributed by atoms with Gasteiger partial charge in [0.2, 0.25) is 0 Å². The number of hydrogen-bond acceptors (Lipinski definition) is 1. The Labute approximate surface area is 120 Å². The van der Waals surface area contributed by atoms with Crippen LogP contribution < -0.4 is 5.56 Å². The number of nitrogens with one attached hydrogen (secondary N) is 1. The van der Waals surface area contributed by atoms with Crippen LogP contribution in [0.1, 0.15) is 35.1 Å². The molecule has 0 bridgehead atoms. The van der Waals surface area contributed by atoms with E-state index in [9.17, 15) is 4.79 Å². The lowest BCUT2D eigenvalue weighted by Gasteiger charge is -2.18. The van der Waals surface area contributed by atoms with Gasteiger partial charge in [0.25, 0.3) is 5.56 Å². The average Bonchev–Trinajstić information content (AvgIpc) is 2.80. The van der Waals surface area contributed by atoms with Gasteiger partial charge in [0.1, 0.15) is 0 Å². The van der Waals surface area contributed by atoms with Crippen LogP contribution in [0.5, 0.6) is 0 Å². The summed E-state index contributed by atoms with van der Waals surface area (Å²) in [5, 5.41) is 0. The Morgan fingerprint density at radius 2 is 1.79 bits per heavy atom. The van der Waals surface area contributed by atoms with Gasteiger partial charge in [-0.15, -0.1) is 0 Å². The molecule has 0 atom stereocenters. The number of hydrogen-bond donors (Lipinski definition) is 1. The lowest BCUT2D eigenvalue weighted by molar-refractivity contribution is 0.672. The van der Waals surface area contributed by atoms with Gasteiger partial charge >= 0.3 is 0 Å². The van der Waals surface area contributed by atoms with E-state index < -0.39 is 0 Å². The van der Waals surface area contributed by atoms with Crippen LogP contribution in [0, 0.1) is 0 Å². The molecule has 0 radical (unpaired) electrons. The molecule has 4 rings (SSSR count). The van der Waals surface area contributed by atoms with Crippen molar-refractivity contribution in [3.63, 3.8) is 0 Å². The molecular weight excluding hydrogens is 302 g/mol. The molecule has 0 fully saturated rings. The van der Waals surface area contributed by atoms with Crippen LogP contribution >= 0.6 is 15.9 Å². The average molecular weight is 316 g/mol. The van der Waals surface area contributed by atoms with Gasteiger partial charge in [0, 0.05) is 22.0 Å². The van der Waals surface area contributed by atoms with Gasteiger partial charge in [0.15, 0.2) is 0 Å². The molecule has 1 heterocycles. The van der Waals surface area contributed by atoms with E-state index >= 15 is 0 Å². The van der Waals surface area contributed by atoms with E-state index in [0.717, 1.165) is 41.4 Å². The molecule has 1 aromatic carbocycles. The first-order valence-electron chi connectivity index (χ1n) is 6.80. The Morgan fingerprint density at radius 1 is 1.00 bits per heavy atom. The van der Waals surface area contributed by atoms with Crippen LogP contribution in [0.25, 0.3) is 11.3 Å². The zero-order valence-corrected chi connectivity index (χ0v) is 12.1. The maximum absolute atomic E-state index is 12.3. The first kappa shape index (κ1) is 11.5. The number of halogens is 1. The summed E-state index contributed by atoms with van der Waals surface area (Å²) in [6, 6.07) is 6.22. The van der Waals surface area contributed by atoms with Gasteiger partial charge in [-0.25, -0.2) is 0 Å². The molecule has 0 aliphatic heterocycles. The summed E-state index contributed by atoms with van der Waals surface area (Å²) in [7, 11) is 0. The highest BCUT2D eigenvalue weighted by molar-refractivity contribution is 9.10. The SMILES string of the molecule is O=c1[nH]c2c(c3c1CCCC3)Cc1c(Br)cccc1-2. The summed E-state index contributed by atoms with van der Waals surface area (Å²) in [4.78, 5) is 15.4.